The number of rotatable bonds is 4. The van der Waals surface area contributed by atoms with Gasteiger partial charge in [0.25, 0.3) is 0 Å². The molecule has 0 aromatic heterocycles. The lowest BCUT2D eigenvalue weighted by atomic mass is 10.0. The van der Waals surface area contributed by atoms with Crippen molar-refractivity contribution < 1.29 is 4.79 Å². The molecule has 1 unspecified atom stereocenters. The lowest BCUT2D eigenvalue weighted by molar-refractivity contribution is 0.249. The van der Waals surface area contributed by atoms with Crippen LogP contribution in [0.5, 0.6) is 0 Å². The number of benzene rings is 2. The van der Waals surface area contributed by atoms with E-state index in [1.165, 1.54) is 0 Å². The Kier molecular flexibility index (Phi) is 6.33. The van der Waals surface area contributed by atoms with Crippen molar-refractivity contribution in [3.63, 3.8) is 0 Å². The normalized spacial score (nSPS) is 15.4. The van der Waals surface area contributed by atoms with E-state index < -0.39 is 0 Å². The molecule has 0 radical (unpaired) electrons. The van der Waals surface area contributed by atoms with Crippen LogP contribution in [-0.2, 0) is 0 Å². The summed E-state index contributed by atoms with van der Waals surface area (Å²) in [4.78, 5) is 14.6. The highest BCUT2D eigenvalue weighted by Gasteiger charge is 2.15. The first-order valence-electron chi connectivity index (χ1n) is 8.80. The van der Waals surface area contributed by atoms with Gasteiger partial charge in [-0.05, 0) is 43.2 Å². The van der Waals surface area contributed by atoms with E-state index in [-0.39, 0.29) is 12.1 Å². The van der Waals surface area contributed by atoms with Gasteiger partial charge in [-0.2, -0.15) is 11.8 Å². The first-order chi connectivity index (χ1) is 12.5. The van der Waals surface area contributed by atoms with Gasteiger partial charge in [-0.25, -0.2) is 4.79 Å². The minimum atomic E-state index is -0.237. The number of aryl methyl sites for hydroxylation is 1. The predicted octanol–water partition coefficient (Wildman–Crippen LogP) is 5.08. The number of hydrogen-bond acceptors (Lipinski definition) is 3. The molecule has 2 amide bonds. The summed E-state index contributed by atoms with van der Waals surface area (Å²) < 4.78 is 0. The van der Waals surface area contributed by atoms with E-state index in [4.69, 9.17) is 11.6 Å². The Labute approximate surface area is 164 Å². The molecule has 1 aliphatic heterocycles. The molecule has 1 fully saturated rings. The van der Waals surface area contributed by atoms with Crippen LogP contribution in [0.4, 0.5) is 16.2 Å². The molecule has 0 bridgehead atoms. The van der Waals surface area contributed by atoms with Crippen LogP contribution in [0.25, 0.3) is 0 Å². The van der Waals surface area contributed by atoms with E-state index in [1.807, 2.05) is 68.1 Å². The van der Waals surface area contributed by atoms with Crippen molar-refractivity contribution in [2.45, 2.75) is 19.9 Å². The van der Waals surface area contributed by atoms with Crippen molar-refractivity contribution in [3.05, 3.63) is 58.6 Å². The highest BCUT2D eigenvalue weighted by atomic mass is 35.5. The third-order valence-electron chi connectivity index (χ3n) is 4.56. The molecular weight excluding hydrogens is 366 g/mol. The molecule has 6 heteroatoms. The molecule has 0 spiro atoms. The Morgan fingerprint density at radius 3 is 2.62 bits per heavy atom. The maximum Gasteiger partial charge on any atom is 0.319 e. The molecule has 2 aromatic rings. The highest BCUT2D eigenvalue weighted by molar-refractivity contribution is 7.99. The average molecular weight is 390 g/mol. The fourth-order valence-corrected chi connectivity index (χ4v) is 4.36. The highest BCUT2D eigenvalue weighted by Crippen LogP contribution is 2.30. The number of nitrogens with zero attached hydrogens (tertiary/aromatic N) is 1. The fraction of sp³-hybridized carbons (Fsp3) is 0.350. The predicted molar refractivity (Wildman–Crippen MR) is 113 cm³/mol. The van der Waals surface area contributed by atoms with Gasteiger partial charge in [-0.1, -0.05) is 35.9 Å². The third-order valence-corrected chi connectivity index (χ3v) is 5.81. The molecule has 4 nitrogen and oxygen atoms in total. The average Bonchev–Trinajstić information content (AvgIpc) is 2.62. The van der Waals surface area contributed by atoms with Crippen LogP contribution >= 0.6 is 23.4 Å². The van der Waals surface area contributed by atoms with Gasteiger partial charge < -0.3 is 15.5 Å². The summed E-state index contributed by atoms with van der Waals surface area (Å²) in [6.07, 6.45) is 0. The molecule has 2 aromatic carbocycles. The molecule has 3 rings (SSSR count). The van der Waals surface area contributed by atoms with Crippen LogP contribution in [0.1, 0.15) is 24.1 Å². The third kappa shape index (κ3) is 4.65. The van der Waals surface area contributed by atoms with Gasteiger partial charge in [-0.3, -0.25) is 0 Å². The van der Waals surface area contributed by atoms with E-state index >= 15 is 0 Å². The van der Waals surface area contributed by atoms with Crippen molar-refractivity contribution in [2.75, 3.05) is 34.8 Å². The van der Waals surface area contributed by atoms with Gasteiger partial charge in [0.15, 0.2) is 0 Å². The Hall–Kier alpha value is -1.85. The zero-order valence-electron chi connectivity index (χ0n) is 15.1. The van der Waals surface area contributed by atoms with Crippen molar-refractivity contribution in [3.8, 4) is 0 Å². The largest absolute Gasteiger partial charge is 0.369 e. The maximum atomic E-state index is 12.3. The first-order valence-corrected chi connectivity index (χ1v) is 10.3. The Balaban J connectivity index is 1.62. The Morgan fingerprint density at radius 2 is 1.92 bits per heavy atom. The van der Waals surface area contributed by atoms with Gasteiger partial charge >= 0.3 is 6.03 Å². The van der Waals surface area contributed by atoms with E-state index in [2.05, 4.69) is 15.5 Å². The minimum absolute atomic E-state index is 0.0724. The van der Waals surface area contributed by atoms with E-state index in [0.717, 1.165) is 41.4 Å². The van der Waals surface area contributed by atoms with E-state index in [0.29, 0.717) is 10.7 Å². The molecular formula is C20H24ClN3OS. The number of hydrogen-bond donors (Lipinski definition) is 2. The summed E-state index contributed by atoms with van der Waals surface area (Å²) in [5.74, 6) is 2.24. The molecule has 1 atom stereocenters. The number of anilines is 2. The molecule has 1 saturated heterocycles. The number of nitrogens with one attached hydrogen (secondary N) is 2. The van der Waals surface area contributed by atoms with Gasteiger partial charge in [0.2, 0.25) is 0 Å². The number of urea groups is 1. The number of amides is 2. The van der Waals surface area contributed by atoms with Crippen LogP contribution in [-0.4, -0.2) is 30.6 Å². The van der Waals surface area contributed by atoms with Crippen LogP contribution in [0.3, 0.4) is 0 Å². The SMILES string of the molecule is Cc1ccccc1C(C)NC(=O)Nc1ccc(N2CCSCC2)c(Cl)c1. The summed E-state index contributed by atoms with van der Waals surface area (Å²) in [5.41, 5.74) is 4.00. The quantitative estimate of drug-likeness (QED) is 0.765. The summed E-state index contributed by atoms with van der Waals surface area (Å²) in [7, 11) is 0. The van der Waals surface area contributed by atoms with Crippen LogP contribution in [0.2, 0.25) is 5.02 Å². The van der Waals surface area contributed by atoms with Crippen molar-refractivity contribution in [1.29, 1.82) is 0 Å². The van der Waals surface area contributed by atoms with Crippen LogP contribution in [0.15, 0.2) is 42.5 Å². The topological polar surface area (TPSA) is 44.4 Å². The molecule has 1 aliphatic rings. The Bertz CT molecular complexity index is 777. The number of halogens is 1. The zero-order valence-corrected chi connectivity index (χ0v) is 16.7. The van der Waals surface area contributed by atoms with E-state index in [1.54, 1.807) is 0 Å². The fourth-order valence-electron chi connectivity index (χ4n) is 3.16. The van der Waals surface area contributed by atoms with Crippen LogP contribution in [0, 0.1) is 6.92 Å². The molecule has 26 heavy (non-hydrogen) atoms. The molecule has 0 saturated carbocycles. The second-order valence-corrected chi connectivity index (χ2v) is 8.07. The standard InChI is InChI=1S/C20H24ClN3OS/c1-14-5-3-4-6-17(14)15(2)22-20(25)23-16-7-8-19(18(21)13-16)24-9-11-26-12-10-24/h3-8,13,15H,9-12H2,1-2H3,(H2,22,23,25). The second-order valence-electron chi connectivity index (χ2n) is 6.44. The summed E-state index contributed by atoms with van der Waals surface area (Å²) in [5, 5.41) is 6.52. The monoisotopic (exact) mass is 389 g/mol. The maximum absolute atomic E-state index is 12.3. The first kappa shape index (κ1) is 18.9. The van der Waals surface area contributed by atoms with Crippen molar-refractivity contribution >= 4 is 40.8 Å². The lowest BCUT2D eigenvalue weighted by Crippen LogP contribution is -2.33. The zero-order chi connectivity index (χ0) is 18.5. The summed E-state index contributed by atoms with van der Waals surface area (Å²) >= 11 is 8.41. The molecule has 138 valence electrons. The number of carbonyl (C=O) groups is 1. The van der Waals surface area contributed by atoms with Gasteiger partial charge in [0, 0.05) is 30.3 Å². The number of carbonyl (C=O) groups excluding carboxylic acids is 1. The molecule has 2 N–H and O–H groups in total. The van der Waals surface area contributed by atoms with Crippen molar-refractivity contribution in [1.82, 2.24) is 5.32 Å². The Morgan fingerprint density at radius 1 is 1.19 bits per heavy atom. The van der Waals surface area contributed by atoms with E-state index in [9.17, 15) is 4.79 Å². The van der Waals surface area contributed by atoms with Crippen molar-refractivity contribution in [2.24, 2.45) is 0 Å². The van der Waals surface area contributed by atoms with Crippen LogP contribution < -0.4 is 15.5 Å². The van der Waals surface area contributed by atoms with Gasteiger partial charge in [0.05, 0.1) is 16.8 Å². The summed E-state index contributed by atoms with van der Waals surface area (Å²) in [6, 6.07) is 13.4. The van der Waals surface area contributed by atoms with Gasteiger partial charge in [-0.15, -0.1) is 0 Å². The van der Waals surface area contributed by atoms with Gasteiger partial charge in [0.1, 0.15) is 0 Å². The number of thioether (sulfide) groups is 1. The summed E-state index contributed by atoms with van der Waals surface area (Å²) in [6.45, 7) is 6.03. The second kappa shape index (κ2) is 8.69. The minimum Gasteiger partial charge on any atom is -0.369 e. The molecule has 1 heterocycles. The smallest absolute Gasteiger partial charge is 0.319 e. The lowest BCUT2D eigenvalue weighted by Gasteiger charge is -2.29. The molecule has 0 aliphatic carbocycles.